The lowest BCUT2D eigenvalue weighted by atomic mass is 10.0. The second kappa shape index (κ2) is 19.9. The van der Waals surface area contributed by atoms with Gasteiger partial charge in [0.25, 0.3) is 5.91 Å². The van der Waals surface area contributed by atoms with Crippen molar-refractivity contribution in [2.75, 3.05) is 33.4 Å². The Hall–Kier alpha value is -4.80. The fourth-order valence-corrected chi connectivity index (χ4v) is 5.60. The third-order valence-electron chi connectivity index (χ3n) is 8.30. The van der Waals surface area contributed by atoms with Crippen LogP contribution in [0.1, 0.15) is 49.7 Å². The summed E-state index contributed by atoms with van der Waals surface area (Å²) in [6.07, 6.45) is 3.44. The van der Waals surface area contributed by atoms with E-state index in [-0.39, 0.29) is 6.61 Å². The zero-order chi connectivity index (χ0) is 34.8. The summed E-state index contributed by atoms with van der Waals surface area (Å²) < 4.78 is 15.7. The molecule has 4 aromatic rings. The number of carbonyl (C=O) groups excluding carboxylic acids is 3. The molecule has 2 unspecified atom stereocenters. The number of hydrogen-bond acceptors (Lipinski definition) is 7. The quantitative estimate of drug-likeness (QED) is 0.0794. The summed E-state index contributed by atoms with van der Waals surface area (Å²) in [5.74, 6) is -3.45. The summed E-state index contributed by atoms with van der Waals surface area (Å²) >= 11 is 0. The molecule has 0 aliphatic heterocycles. The topological polar surface area (TPSA) is 140 Å². The van der Waals surface area contributed by atoms with Crippen molar-refractivity contribution in [3.63, 3.8) is 0 Å². The van der Waals surface area contributed by atoms with Gasteiger partial charge in [0, 0.05) is 13.2 Å². The summed E-state index contributed by atoms with van der Waals surface area (Å²) in [5.41, 5.74) is 2.49. The second-order valence-corrected chi connectivity index (χ2v) is 12.0. The Labute approximate surface area is 287 Å². The van der Waals surface area contributed by atoms with E-state index in [1.165, 1.54) is 39.8 Å². The van der Waals surface area contributed by atoms with Crippen LogP contribution in [0.5, 0.6) is 0 Å². The Morgan fingerprint density at radius 3 is 1.80 bits per heavy atom. The molecule has 0 saturated carbocycles. The van der Waals surface area contributed by atoms with Crippen molar-refractivity contribution >= 4 is 45.3 Å². The highest BCUT2D eigenvalue weighted by molar-refractivity contribution is 5.89. The molecule has 260 valence electrons. The van der Waals surface area contributed by atoms with E-state index in [2.05, 4.69) is 76.0 Å². The van der Waals surface area contributed by atoms with Crippen molar-refractivity contribution in [3.8, 4) is 0 Å². The first-order valence-corrected chi connectivity index (χ1v) is 16.9. The van der Waals surface area contributed by atoms with Crippen LogP contribution in [-0.4, -0.2) is 74.5 Å². The van der Waals surface area contributed by atoms with Crippen molar-refractivity contribution in [2.24, 2.45) is 0 Å². The maximum absolute atomic E-state index is 13.2. The molecule has 0 radical (unpaired) electrons. The zero-order valence-electron chi connectivity index (χ0n) is 28.0. The van der Waals surface area contributed by atoms with E-state index < -0.39 is 49.1 Å². The molecule has 10 heteroatoms. The largest absolute Gasteiger partial charge is 0.479 e. The lowest BCUT2D eigenvalue weighted by Gasteiger charge is -2.24. The van der Waals surface area contributed by atoms with Crippen molar-refractivity contribution in [1.29, 1.82) is 0 Å². The van der Waals surface area contributed by atoms with E-state index in [4.69, 9.17) is 9.47 Å². The molecular weight excluding hydrogens is 624 g/mol. The number of aryl methyl sites for hydroxylation is 2. The molecule has 49 heavy (non-hydrogen) atoms. The predicted octanol–water partition coefficient (Wildman–Crippen LogP) is 5.38. The molecule has 0 bridgehead atoms. The maximum Gasteiger partial charge on any atom is 0.336 e. The number of fused-ring (bicyclic) bond motifs is 2. The number of unbranched alkanes of at least 4 members (excludes halogenated alkanes) is 4. The number of benzene rings is 4. The van der Waals surface area contributed by atoms with Gasteiger partial charge in [0.1, 0.15) is 13.2 Å². The van der Waals surface area contributed by atoms with Gasteiger partial charge in [0.05, 0.1) is 7.11 Å². The highest BCUT2D eigenvalue weighted by atomic mass is 16.6. The molecule has 0 spiro atoms. The molecule has 3 N–H and O–H groups in total. The van der Waals surface area contributed by atoms with Gasteiger partial charge in [0.2, 0.25) is 5.91 Å². The van der Waals surface area contributed by atoms with Crippen molar-refractivity contribution in [3.05, 3.63) is 96.1 Å². The number of aliphatic carboxylic acids is 1. The van der Waals surface area contributed by atoms with Crippen molar-refractivity contribution in [1.82, 2.24) is 10.6 Å². The monoisotopic (exact) mass is 670 g/mol. The number of amides is 2. The Morgan fingerprint density at radius 1 is 0.653 bits per heavy atom. The number of rotatable bonds is 21. The number of ether oxygens (including phenoxy) is 3. The van der Waals surface area contributed by atoms with Gasteiger partial charge in [-0.15, -0.1) is 0 Å². The van der Waals surface area contributed by atoms with Gasteiger partial charge in [-0.05, 0) is 71.2 Å². The van der Waals surface area contributed by atoms with Crippen LogP contribution in [0.25, 0.3) is 21.5 Å². The average molecular weight is 671 g/mol. The number of methoxy groups -OCH3 is 1. The van der Waals surface area contributed by atoms with Gasteiger partial charge in [0.15, 0.2) is 12.2 Å². The van der Waals surface area contributed by atoms with E-state index in [0.717, 1.165) is 38.5 Å². The van der Waals surface area contributed by atoms with Crippen LogP contribution in [0.2, 0.25) is 0 Å². The number of carboxylic acid groups (broad SMARTS) is 1. The molecule has 4 aromatic carbocycles. The molecule has 4 rings (SSSR count). The van der Waals surface area contributed by atoms with Crippen LogP contribution in [0, 0.1) is 0 Å². The number of esters is 1. The van der Waals surface area contributed by atoms with Crippen LogP contribution >= 0.6 is 0 Å². The third kappa shape index (κ3) is 12.3. The Balaban J connectivity index is 1.25. The second-order valence-electron chi connectivity index (χ2n) is 12.0. The standard InChI is InChI=1S/C39H46N2O8/c1-47-35(43)26-41-34(42)27-49-37(39(45)46)36(48-23-11-3-5-13-29-19-21-31-15-7-9-17-33(31)25-29)38(44)40-22-10-2-4-12-28-18-20-30-14-6-8-16-32(30)24-28/h6-9,14-21,24-25,36-37H,2-5,10-13,22-23,26-27H2,1H3,(H,40,44)(H,41,42)(H,45,46). The minimum atomic E-state index is -1.73. The summed E-state index contributed by atoms with van der Waals surface area (Å²) in [6.45, 7) is -0.587. The first kappa shape index (κ1) is 37.0. The maximum atomic E-state index is 13.2. The molecule has 2 amide bonds. The summed E-state index contributed by atoms with van der Waals surface area (Å²) in [7, 11) is 1.18. The molecule has 0 saturated heterocycles. The average Bonchev–Trinajstić information content (AvgIpc) is 3.12. The van der Waals surface area contributed by atoms with Crippen molar-refractivity contribution < 1.29 is 38.5 Å². The number of nitrogens with one attached hydrogen (secondary N) is 2. The minimum Gasteiger partial charge on any atom is -0.479 e. The first-order chi connectivity index (χ1) is 23.8. The number of hydrogen-bond donors (Lipinski definition) is 3. The van der Waals surface area contributed by atoms with E-state index in [0.29, 0.717) is 19.4 Å². The molecule has 10 nitrogen and oxygen atoms in total. The van der Waals surface area contributed by atoms with Gasteiger partial charge < -0.3 is 30.0 Å². The normalized spacial score (nSPS) is 12.3. The summed E-state index contributed by atoms with van der Waals surface area (Å²) in [6, 6.07) is 29.3. The summed E-state index contributed by atoms with van der Waals surface area (Å²) in [5, 5.41) is 19.8. The fraction of sp³-hybridized carbons (Fsp3) is 0.385. The fourth-order valence-electron chi connectivity index (χ4n) is 5.60. The highest BCUT2D eigenvalue weighted by Gasteiger charge is 2.36. The Kier molecular flexibility index (Phi) is 15.0. The van der Waals surface area contributed by atoms with Crippen LogP contribution in [0.3, 0.4) is 0 Å². The van der Waals surface area contributed by atoms with Gasteiger partial charge in [-0.25, -0.2) is 4.79 Å². The Morgan fingerprint density at radius 2 is 1.22 bits per heavy atom. The van der Waals surface area contributed by atoms with Gasteiger partial charge in [-0.3, -0.25) is 14.4 Å². The molecular formula is C39H46N2O8. The zero-order valence-corrected chi connectivity index (χ0v) is 28.0. The van der Waals surface area contributed by atoms with Gasteiger partial charge >= 0.3 is 11.9 Å². The van der Waals surface area contributed by atoms with E-state index in [9.17, 15) is 24.3 Å². The van der Waals surface area contributed by atoms with E-state index in [1.807, 2.05) is 24.3 Å². The Bertz CT molecular complexity index is 1690. The lowest BCUT2D eigenvalue weighted by Crippen LogP contribution is -2.50. The van der Waals surface area contributed by atoms with Crippen LogP contribution in [-0.2, 0) is 46.2 Å². The summed E-state index contributed by atoms with van der Waals surface area (Å²) in [4.78, 5) is 48.9. The van der Waals surface area contributed by atoms with Crippen LogP contribution < -0.4 is 10.6 Å². The third-order valence-corrected chi connectivity index (χ3v) is 8.30. The number of carbonyl (C=O) groups is 4. The first-order valence-electron chi connectivity index (χ1n) is 16.9. The minimum absolute atomic E-state index is 0.142. The van der Waals surface area contributed by atoms with Crippen molar-refractivity contribution in [2.45, 2.75) is 63.6 Å². The molecule has 0 heterocycles. The molecule has 0 aliphatic carbocycles. The predicted molar refractivity (Wildman–Crippen MR) is 188 cm³/mol. The number of carboxylic acids is 1. The van der Waals surface area contributed by atoms with Gasteiger partial charge in [-0.1, -0.05) is 97.8 Å². The molecule has 0 fully saturated rings. The van der Waals surface area contributed by atoms with E-state index in [1.54, 1.807) is 0 Å². The van der Waals surface area contributed by atoms with E-state index >= 15 is 0 Å². The van der Waals surface area contributed by atoms with Gasteiger partial charge in [-0.2, -0.15) is 0 Å². The lowest BCUT2D eigenvalue weighted by molar-refractivity contribution is -0.170. The molecule has 2 atom stereocenters. The SMILES string of the molecule is COC(=O)CNC(=O)COC(C(=O)O)C(OCCCCCc1ccc2ccccc2c1)C(=O)NCCCCCc1ccc2ccccc2c1. The molecule has 0 aliphatic rings. The smallest absolute Gasteiger partial charge is 0.336 e. The molecule has 0 aromatic heterocycles. The van der Waals surface area contributed by atoms with Crippen LogP contribution in [0.15, 0.2) is 84.9 Å². The van der Waals surface area contributed by atoms with Crippen LogP contribution in [0.4, 0.5) is 0 Å². The highest BCUT2D eigenvalue weighted by Crippen LogP contribution is 2.19.